The maximum Gasteiger partial charge on any atom is 0.469 e. The Kier molecular flexibility index (Phi) is 6.23. The van der Waals surface area contributed by atoms with Gasteiger partial charge in [-0.25, -0.2) is 4.57 Å². The average molecular weight is 261 g/mol. The molecule has 0 aromatic rings. The van der Waals surface area contributed by atoms with Crippen LogP contribution < -0.4 is 0 Å². The molecule has 6 N–H and O–H groups in total. The summed E-state index contributed by atoms with van der Waals surface area (Å²) >= 11 is 0. The van der Waals surface area contributed by atoms with Crippen molar-refractivity contribution in [2.45, 2.75) is 18.3 Å². The minimum atomic E-state index is -4.81. The number of hydrogen-bond donors (Lipinski definition) is 6. The van der Waals surface area contributed by atoms with E-state index in [0.29, 0.717) is 0 Å². The number of Topliss-reactive ketones (excluding diaryl/α,β-unsaturated/α-hetero) is 1. The lowest BCUT2D eigenvalue weighted by atomic mass is 10.1. The maximum atomic E-state index is 10.7. The maximum absolute atomic E-state index is 10.7. The van der Waals surface area contributed by atoms with Gasteiger partial charge < -0.3 is 30.2 Å². The third-order valence-corrected chi connectivity index (χ3v) is 2.10. The van der Waals surface area contributed by atoms with Gasteiger partial charge in [-0.1, -0.05) is 0 Å². The van der Waals surface area contributed by atoms with Crippen LogP contribution >= 0.6 is 7.82 Å². The Morgan fingerprint density at radius 3 is 2.12 bits per heavy atom. The van der Waals surface area contributed by atoms with Crippen molar-refractivity contribution in [3.05, 3.63) is 0 Å². The lowest BCUT2D eigenvalue weighted by Gasteiger charge is -2.21. The van der Waals surface area contributed by atoms with Gasteiger partial charge in [-0.2, -0.15) is 0 Å². The van der Waals surface area contributed by atoms with Gasteiger partial charge in [0.25, 0.3) is 0 Å². The zero-order valence-corrected chi connectivity index (χ0v) is 8.90. The van der Waals surface area contributed by atoms with Gasteiger partial charge in [0.1, 0.15) is 24.9 Å². The third-order valence-electron chi connectivity index (χ3n) is 1.62. The van der Waals surface area contributed by atoms with Crippen molar-refractivity contribution < 1.29 is 44.1 Å². The van der Waals surface area contributed by atoms with Gasteiger partial charge in [-0.15, -0.1) is 0 Å². The number of aliphatic hydroxyl groups is 4. The molecule has 16 heavy (non-hydrogen) atoms. The number of phosphoric acid groups is 1. The molecule has 0 radical (unpaired) electrons. The number of ketones is 1. The highest BCUT2D eigenvalue weighted by Gasteiger charge is 2.31. The van der Waals surface area contributed by atoms with Gasteiger partial charge in [0.15, 0.2) is 5.78 Å². The molecule has 0 aromatic heterocycles. The van der Waals surface area contributed by atoms with E-state index in [4.69, 9.17) is 30.2 Å². The molecule has 0 spiro atoms. The van der Waals surface area contributed by atoms with E-state index >= 15 is 0 Å². The van der Waals surface area contributed by atoms with Crippen molar-refractivity contribution in [1.29, 1.82) is 0 Å². The quantitative estimate of drug-likeness (QED) is 0.204. The van der Waals surface area contributed by atoms with Crippen molar-refractivity contribution in [1.82, 2.24) is 0 Å². The van der Waals surface area contributed by atoms with Gasteiger partial charge in [0.05, 0.1) is 6.61 Å². The van der Waals surface area contributed by atoms with E-state index < -0.39 is 45.1 Å². The van der Waals surface area contributed by atoms with Crippen molar-refractivity contribution >= 4 is 13.6 Å². The van der Waals surface area contributed by atoms with Gasteiger partial charge in [-0.3, -0.25) is 9.32 Å². The minimum absolute atomic E-state index is 0.971. The second kappa shape index (κ2) is 6.38. The van der Waals surface area contributed by atoms with E-state index in [1.54, 1.807) is 0 Å². The van der Waals surface area contributed by atoms with Gasteiger partial charge in [0, 0.05) is 0 Å². The SMILES string of the molecule is O=C([13CH2]O)[C@@H](O)[C@H](O)[C@H](O)COP(=O)(O)O. The summed E-state index contributed by atoms with van der Waals surface area (Å²) in [5.74, 6) is -1.14. The van der Waals surface area contributed by atoms with E-state index in [1.807, 2.05) is 0 Å². The standard InChI is InChI=1S/C6H13O9P/c7-1-3(8)5(10)6(11)4(9)2-15-16(12,13)14/h4-7,9-11H,1-2H2,(H2,12,13,14)/t4-,5-,6-/m1/s1/i1+1. The molecule has 0 aliphatic heterocycles. The first-order valence-electron chi connectivity index (χ1n) is 4.07. The molecule has 0 fully saturated rings. The lowest BCUT2D eigenvalue weighted by Crippen LogP contribution is -2.45. The first-order valence-corrected chi connectivity index (χ1v) is 5.60. The first kappa shape index (κ1) is 15.6. The van der Waals surface area contributed by atoms with Gasteiger partial charge in [0.2, 0.25) is 0 Å². The van der Waals surface area contributed by atoms with Crippen LogP contribution in [0.1, 0.15) is 0 Å². The van der Waals surface area contributed by atoms with Gasteiger partial charge >= 0.3 is 7.82 Å². The van der Waals surface area contributed by atoms with Crippen LogP contribution in [0.5, 0.6) is 0 Å². The molecule has 0 heterocycles. The van der Waals surface area contributed by atoms with E-state index in [2.05, 4.69) is 4.52 Å². The van der Waals surface area contributed by atoms with E-state index in [-0.39, 0.29) is 0 Å². The Morgan fingerprint density at radius 1 is 1.25 bits per heavy atom. The molecule has 0 aliphatic carbocycles. The summed E-state index contributed by atoms with van der Waals surface area (Å²) < 4.78 is 14.1. The second-order valence-electron chi connectivity index (χ2n) is 2.91. The second-order valence-corrected chi connectivity index (χ2v) is 4.15. The van der Waals surface area contributed by atoms with E-state index in [9.17, 15) is 9.36 Å². The van der Waals surface area contributed by atoms with Crippen LogP contribution in [0.15, 0.2) is 0 Å². The predicted octanol–water partition coefficient (Wildman–Crippen LogP) is -3.26. The smallest absolute Gasteiger partial charge is 0.388 e. The lowest BCUT2D eigenvalue weighted by molar-refractivity contribution is -0.142. The molecule has 3 atom stereocenters. The van der Waals surface area contributed by atoms with Crippen LogP contribution in [0.3, 0.4) is 0 Å². The minimum Gasteiger partial charge on any atom is -0.388 e. The summed E-state index contributed by atoms with van der Waals surface area (Å²) in [7, 11) is -4.81. The molecule has 0 amide bonds. The fraction of sp³-hybridized carbons (Fsp3) is 0.833. The van der Waals surface area contributed by atoms with Crippen LogP contribution in [0, 0.1) is 0 Å². The molecular weight excluding hydrogens is 248 g/mol. The summed E-state index contributed by atoms with van der Waals surface area (Å²) in [6, 6.07) is 0. The number of hydrogen-bond acceptors (Lipinski definition) is 7. The van der Waals surface area contributed by atoms with Crippen molar-refractivity contribution in [3.8, 4) is 0 Å². The molecule has 0 saturated carbocycles. The molecule has 0 bridgehead atoms. The zero-order valence-electron chi connectivity index (χ0n) is 8.00. The largest absolute Gasteiger partial charge is 0.469 e. The van der Waals surface area contributed by atoms with Crippen molar-refractivity contribution in [2.75, 3.05) is 13.2 Å². The number of rotatable bonds is 7. The summed E-state index contributed by atoms with van der Waals surface area (Å²) in [5.41, 5.74) is 0. The highest BCUT2D eigenvalue weighted by atomic mass is 31.2. The topological polar surface area (TPSA) is 165 Å². The molecule has 0 aliphatic rings. The molecule has 10 heteroatoms. The van der Waals surface area contributed by atoms with Crippen molar-refractivity contribution in [2.24, 2.45) is 0 Å². The molecule has 0 rings (SSSR count). The molecular formula is C6H13O9P. The highest BCUT2D eigenvalue weighted by molar-refractivity contribution is 7.46. The molecule has 0 aromatic carbocycles. The van der Waals surface area contributed by atoms with Crippen LogP contribution in [-0.4, -0.2) is 67.5 Å². The monoisotopic (exact) mass is 261 g/mol. The average Bonchev–Trinajstić information content (AvgIpc) is 2.21. The summed E-state index contributed by atoms with van der Waals surface area (Å²) in [5, 5.41) is 35.6. The summed E-state index contributed by atoms with van der Waals surface area (Å²) in [6.45, 7) is -2.01. The highest BCUT2D eigenvalue weighted by Crippen LogP contribution is 2.35. The third kappa shape index (κ3) is 5.64. The summed E-state index contributed by atoms with van der Waals surface area (Å²) in [4.78, 5) is 27.2. The number of carbonyl (C=O) groups excluding carboxylic acids is 1. The Bertz CT molecular complexity index is 273. The van der Waals surface area contributed by atoms with Crippen LogP contribution in [0.2, 0.25) is 0 Å². The van der Waals surface area contributed by atoms with Crippen LogP contribution in [0.4, 0.5) is 0 Å². The Labute approximate surface area is 90.2 Å². The van der Waals surface area contributed by atoms with Crippen LogP contribution in [-0.2, 0) is 13.9 Å². The normalized spacial score (nSPS) is 17.9. The first-order chi connectivity index (χ1) is 7.19. The summed E-state index contributed by atoms with van der Waals surface area (Å²) in [6.07, 6.45) is -5.94. The van der Waals surface area contributed by atoms with Crippen molar-refractivity contribution in [3.63, 3.8) is 0 Å². The van der Waals surface area contributed by atoms with E-state index in [0.717, 1.165) is 0 Å². The van der Waals surface area contributed by atoms with E-state index in [1.165, 1.54) is 0 Å². The molecule has 0 saturated heterocycles. The number of aliphatic hydroxyl groups excluding tert-OH is 4. The van der Waals surface area contributed by atoms with Crippen LogP contribution in [0.25, 0.3) is 0 Å². The fourth-order valence-electron chi connectivity index (χ4n) is 0.766. The fourth-order valence-corrected chi connectivity index (χ4v) is 1.11. The number of phosphoric ester groups is 1. The number of carbonyl (C=O) groups is 1. The Hall–Kier alpha value is -0.380. The van der Waals surface area contributed by atoms with Gasteiger partial charge in [-0.05, 0) is 0 Å². The molecule has 0 unspecified atom stereocenters. The molecule has 9 nitrogen and oxygen atoms in total. The Balaban J connectivity index is 4.23. The zero-order chi connectivity index (χ0) is 12.9. The molecule has 96 valence electrons. The predicted molar refractivity (Wildman–Crippen MR) is 48.1 cm³/mol. The Morgan fingerprint density at radius 2 is 1.75 bits per heavy atom.